The second kappa shape index (κ2) is 9.65. The lowest BCUT2D eigenvalue weighted by Crippen LogP contribution is -2.60. The molecule has 7 N–H and O–H groups in total. The van der Waals surface area contributed by atoms with Crippen LogP contribution in [0, 0.1) is 0 Å². The number of fused-ring (bicyclic) bond motifs is 3. The van der Waals surface area contributed by atoms with Gasteiger partial charge >= 0.3 is 0 Å². The molecule has 228 valence electrons. The van der Waals surface area contributed by atoms with Crippen LogP contribution in [0.15, 0.2) is 70.1 Å². The number of ketones is 1. The van der Waals surface area contributed by atoms with Crippen molar-refractivity contribution in [2.24, 2.45) is 0 Å². The van der Waals surface area contributed by atoms with Crippen molar-refractivity contribution in [1.29, 1.82) is 0 Å². The van der Waals surface area contributed by atoms with Crippen molar-refractivity contribution < 1.29 is 63.9 Å². The Hall–Kier alpha value is -4.70. The Morgan fingerprint density at radius 2 is 1.64 bits per heavy atom. The number of phenolic OH excluding ortho intramolecular Hbond substituents is 3. The second-order valence-corrected chi connectivity index (χ2v) is 10.6. The van der Waals surface area contributed by atoms with Crippen molar-refractivity contribution >= 4 is 16.8 Å². The van der Waals surface area contributed by atoms with E-state index in [1.807, 2.05) is 0 Å². The molecule has 0 aliphatic carbocycles. The van der Waals surface area contributed by atoms with Crippen LogP contribution in [0.25, 0.3) is 11.0 Å². The molecule has 14 nitrogen and oxygen atoms in total. The standard InChI is InChI=1S/C30H24O14/c31-10-19-23(36)24(37)25(38)28(41-19)42-20-11-40-26-15(22(20)35)2-1-3-16(26)29-27(39)21-17(34)8-14(33)9-18(21)43-30(29,44-29)12-4-6-13(32)7-5-12/h1-9,11,19,23-25,28,31-34,36-38H,10H2/t19-,23-,24+,25-,28+,29+,30+/m1/s1. The number of rotatable bonds is 5. The van der Waals surface area contributed by atoms with Crippen LogP contribution in [0.1, 0.15) is 21.5 Å². The molecule has 14 heteroatoms. The van der Waals surface area contributed by atoms with E-state index in [0.29, 0.717) is 5.56 Å². The van der Waals surface area contributed by atoms with Gasteiger partial charge in [-0.05, 0) is 30.3 Å². The molecule has 7 rings (SSSR count). The predicted octanol–water partition coefficient (Wildman–Crippen LogP) is 0.442. The first-order chi connectivity index (χ1) is 21.0. The van der Waals surface area contributed by atoms with Crippen LogP contribution in [0.2, 0.25) is 0 Å². The smallest absolute Gasteiger partial charge is 0.280 e. The van der Waals surface area contributed by atoms with Gasteiger partial charge in [0.05, 0.1) is 12.0 Å². The number of epoxide rings is 1. The van der Waals surface area contributed by atoms with Gasteiger partial charge in [-0.3, -0.25) is 9.59 Å². The van der Waals surface area contributed by atoms with Gasteiger partial charge in [0.2, 0.25) is 28.9 Å². The SMILES string of the molecule is O=C1c2c(O)cc(O)cc2O[C@@]2(c3ccc(O)cc3)O[C@@]12c1cccc2c(=O)c(O[C@@H]3O[C@H](CO)[C@@H](O)[C@H](O)[C@H]3O)coc12. The molecule has 1 aromatic heterocycles. The quantitative estimate of drug-likeness (QED) is 0.153. The number of Topliss-reactive ketones (excluding diaryl/α,β-unsaturated/α-hetero) is 1. The topological polar surface area (TPSA) is 229 Å². The molecule has 3 aliphatic heterocycles. The molecule has 44 heavy (non-hydrogen) atoms. The number of phenols is 3. The van der Waals surface area contributed by atoms with E-state index >= 15 is 0 Å². The Balaban J connectivity index is 1.35. The summed E-state index contributed by atoms with van der Waals surface area (Å²) in [5.41, 5.74) is -2.83. The third-order valence-electron chi connectivity index (χ3n) is 8.07. The highest BCUT2D eigenvalue weighted by molar-refractivity contribution is 6.12. The van der Waals surface area contributed by atoms with Gasteiger partial charge in [-0.25, -0.2) is 0 Å². The molecule has 0 spiro atoms. The van der Waals surface area contributed by atoms with E-state index in [2.05, 4.69) is 0 Å². The highest BCUT2D eigenvalue weighted by Gasteiger charge is 2.82. The van der Waals surface area contributed by atoms with E-state index < -0.39 is 71.4 Å². The maximum absolute atomic E-state index is 14.2. The van der Waals surface area contributed by atoms with E-state index in [1.165, 1.54) is 42.5 Å². The van der Waals surface area contributed by atoms with Crippen LogP contribution in [-0.2, 0) is 20.9 Å². The molecule has 2 fully saturated rings. The summed E-state index contributed by atoms with van der Waals surface area (Å²) in [4.78, 5) is 27.8. The number of hydrogen-bond donors (Lipinski definition) is 7. The van der Waals surface area contributed by atoms with Crippen LogP contribution >= 0.6 is 0 Å². The van der Waals surface area contributed by atoms with Gasteiger partial charge in [-0.1, -0.05) is 12.1 Å². The Morgan fingerprint density at radius 1 is 0.886 bits per heavy atom. The number of ether oxygens (including phenoxy) is 4. The summed E-state index contributed by atoms with van der Waals surface area (Å²) in [7, 11) is 0. The van der Waals surface area contributed by atoms with Crippen LogP contribution in [-0.4, -0.2) is 78.8 Å². The van der Waals surface area contributed by atoms with E-state index in [0.717, 1.165) is 18.4 Å². The molecule has 4 aromatic rings. The zero-order valence-corrected chi connectivity index (χ0v) is 22.4. The zero-order valence-electron chi connectivity index (χ0n) is 22.4. The average molecular weight is 609 g/mol. The minimum absolute atomic E-state index is 0.0442. The van der Waals surface area contributed by atoms with Crippen LogP contribution in [0.4, 0.5) is 0 Å². The Labute approximate surface area is 246 Å². The van der Waals surface area contributed by atoms with Crippen molar-refractivity contribution in [2.45, 2.75) is 42.1 Å². The summed E-state index contributed by atoms with van der Waals surface area (Å²) in [5, 5.41) is 70.4. The average Bonchev–Trinajstić information content (AvgIpc) is 3.69. The molecule has 0 radical (unpaired) electrons. The van der Waals surface area contributed by atoms with Crippen LogP contribution < -0.4 is 14.9 Å². The molecular weight excluding hydrogens is 584 g/mol. The molecule has 0 bridgehead atoms. The highest BCUT2D eigenvalue weighted by atomic mass is 16.8. The van der Waals surface area contributed by atoms with Crippen molar-refractivity contribution in [3.63, 3.8) is 0 Å². The fourth-order valence-corrected chi connectivity index (χ4v) is 5.85. The summed E-state index contributed by atoms with van der Waals surface area (Å²) in [5.74, 6) is -4.25. The number of carbonyl (C=O) groups excluding carboxylic acids is 1. The summed E-state index contributed by atoms with van der Waals surface area (Å²) in [6.07, 6.45) is -7.22. The maximum Gasteiger partial charge on any atom is 0.280 e. The molecule has 2 saturated heterocycles. The fraction of sp³-hybridized carbons (Fsp3) is 0.267. The van der Waals surface area contributed by atoms with E-state index in [-0.39, 0.29) is 39.3 Å². The van der Waals surface area contributed by atoms with Crippen molar-refractivity contribution in [2.75, 3.05) is 6.61 Å². The fourth-order valence-electron chi connectivity index (χ4n) is 5.85. The first kappa shape index (κ1) is 28.1. The predicted molar refractivity (Wildman–Crippen MR) is 144 cm³/mol. The number of aliphatic hydroxyl groups is 4. The van der Waals surface area contributed by atoms with Crippen molar-refractivity contribution in [1.82, 2.24) is 0 Å². The van der Waals surface area contributed by atoms with Crippen molar-refractivity contribution in [3.8, 4) is 28.7 Å². The third-order valence-corrected chi connectivity index (χ3v) is 8.07. The minimum Gasteiger partial charge on any atom is -0.508 e. The van der Waals surface area contributed by atoms with E-state index in [4.69, 9.17) is 23.4 Å². The second-order valence-electron chi connectivity index (χ2n) is 10.6. The van der Waals surface area contributed by atoms with Gasteiger partial charge in [0.1, 0.15) is 64.8 Å². The zero-order chi connectivity index (χ0) is 31.1. The summed E-state index contributed by atoms with van der Waals surface area (Å²) >= 11 is 0. The lowest BCUT2D eigenvalue weighted by Gasteiger charge is -2.39. The van der Waals surface area contributed by atoms with Crippen LogP contribution in [0.5, 0.6) is 28.7 Å². The third kappa shape index (κ3) is 3.76. The molecule has 0 amide bonds. The van der Waals surface area contributed by atoms with Gasteiger partial charge in [-0.15, -0.1) is 0 Å². The number of benzene rings is 3. The van der Waals surface area contributed by atoms with Gasteiger partial charge < -0.3 is 59.1 Å². The van der Waals surface area contributed by atoms with Gasteiger partial charge in [0.15, 0.2) is 0 Å². The number of para-hydroxylation sites is 1. The molecular formula is C30H24O14. The van der Waals surface area contributed by atoms with Gasteiger partial charge in [-0.2, -0.15) is 0 Å². The molecule has 0 saturated carbocycles. The molecule has 3 aromatic carbocycles. The summed E-state index contributed by atoms with van der Waals surface area (Å²) < 4.78 is 29.0. The Morgan fingerprint density at radius 3 is 2.36 bits per heavy atom. The lowest BCUT2D eigenvalue weighted by molar-refractivity contribution is -0.277. The largest absolute Gasteiger partial charge is 0.508 e. The Kier molecular flexibility index (Phi) is 6.16. The molecule has 4 heterocycles. The normalized spacial score (nSPS) is 30.7. The Bertz CT molecular complexity index is 1870. The van der Waals surface area contributed by atoms with Crippen LogP contribution in [0.3, 0.4) is 0 Å². The number of aromatic hydroxyl groups is 3. The van der Waals surface area contributed by atoms with Crippen molar-refractivity contribution in [3.05, 3.63) is 87.8 Å². The number of hydrogen-bond acceptors (Lipinski definition) is 14. The minimum atomic E-state index is -2.00. The molecule has 0 unspecified atom stereocenters. The summed E-state index contributed by atoms with van der Waals surface area (Å²) in [6.45, 7) is -0.709. The number of carbonyl (C=O) groups is 1. The number of aliphatic hydroxyl groups excluding tert-OH is 4. The molecule has 3 aliphatic rings. The first-order valence-corrected chi connectivity index (χ1v) is 13.3. The van der Waals surface area contributed by atoms with Gasteiger partial charge in [0.25, 0.3) is 5.79 Å². The highest BCUT2D eigenvalue weighted by Crippen LogP contribution is 2.68. The van der Waals surface area contributed by atoms with Gasteiger partial charge in [0, 0.05) is 23.3 Å². The van der Waals surface area contributed by atoms with E-state index in [1.54, 1.807) is 0 Å². The maximum atomic E-state index is 14.2. The monoisotopic (exact) mass is 608 g/mol. The van der Waals surface area contributed by atoms with E-state index in [9.17, 15) is 45.3 Å². The first-order valence-electron chi connectivity index (χ1n) is 13.3. The summed E-state index contributed by atoms with van der Waals surface area (Å²) in [6, 6.07) is 12.0. The molecule has 7 atom stereocenters. The lowest BCUT2D eigenvalue weighted by atomic mass is 9.80.